The van der Waals surface area contributed by atoms with E-state index in [1.54, 1.807) is 12.4 Å². The van der Waals surface area contributed by atoms with E-state index in [1.165, 1.54) is 0 Å². The molecular weight excluding hydrogens is 206 g/mol. The van der Waals surface area contributed by atoms with Gasteiger partial charge in [0.1, 0.15) is 0 Å². The fourth-order valence-electron chi connectivity index (χ4n) is 1.39. The van der Waals surface area contributed by atoms with Gasteiger partial charge in [-0.25, -0.2) is 0 Å². The number of hydrogen-bond acceptors (Lipinski definition) is 3. The summed E-state index contributed by atoms with van der Waals surface area (Å²) in [5, 5.41) is 0. The molecule has 82 valence electrons. The van der Waals surface area contributed by atoms with Crippen LogP contribution in [0.5, 0.6) is 0 Å². The molecule has 0 aliphatic heterocycles. The van der Waals surface area contributed by atoms with Crippen molar-refractivity contribution in [2.24, 2.45) is 11.7 Å². The Bertz CT molecular complexity index is 313. The first-order valence-corrected chi connectivity index (χ1v) is 5.50. The molecule has 0 amide bonds. The normalized spacial score (nSPS) is 12.1. The van der Waals surface area contributed by atoms with Gasteiger partial charge in [-0.1, -0.05) is 19.1 Å². The standard InChI is InChI=1S/C11H17N3S/c1-3-14(8-9(2)11(12)15)10-4-6-13-7-5-10/h4-7,9H,3,8H2,1-2H3,(H2,12,15). The molecule has 0 fully saturated rings. The minimum absolute atomic E-state index is 0.230. The van der Waals surface area contributed by atoms with Crippen molar-refractivity contribution in [1.82, 2.24) is 4.98 Å². The van der Waals surface area contributed by atoms with Crippen LogP contribution in [0.2, 0.25) is 0 Å². The number of anilines is 1. The monoisotopic (exact) mass is 223 g/mol. The van der Waals surface area contributed by atoms with E-state index in [9.17, 15) is 0 Å². The first-order valence-electron chi connectivity index (χ1n) is 5.09. The summed E-state index contributed by atoms with van der Waals surface area (Å²) in [6.07, 6.45) is 3.59. The predicted octanol–water partition coefficient (Wildman–Crippen LogP) is 1.83. The summed E-state index contributed by atoms with van der Waals surface area (Å²) in [5.41, 5.74) is 6.77. The quantitative estimate of drug-likeness (QED) is 0.773. The molecular formula is C11H17N3S. The smallest absolute Gasteiger partial charge is 0.0773 e. The van der Waals surface area contributed by atoms with Gasteiger partial charge in [-0.05, 0) is 19.1 Å². The maximum Gasteiger partial charge on any atom is 0.0773 e. The third-order valence-electron chi connectivity index (χ3n) is 2.39. The van der Waals surface area contributed by atoms with Crippen molar-refractivity contribution >= 4 is 22.9 Å². The number of aromatic nitrogens is 1. The predicted molar refractivity (Wildman–Crippen MR) is 68.1 cm³/mol. The fourth-order valence-corrected chi connectivity index (χ4v) is 1.47. The SMILES string of the molecule is CCN(CC(C)C(N)=S)c1ccncc1. The molecule has 0 saturated carbocycles. The van der Waals surface area contributed by atoms with Gasteiger partial charge in [-0.15, -0.1) is 0 Å². The summed E-state index contributed by atoms with van der Waals surface area (Å²) >= 11 is 4.97. The molecule has 2 N–H and O–H groups in total. The number of thiocarbonyl (C=S) groups is 1. The fraction of sp³-hybridized carbons (Fsp3) is 0.455. The summed E-state index contributed by atoms with van der Waals surface area (Å²) < 4.78 is 0. The largest absolute Gasteiger partial charge is 0.393 e. The topological polar surface area (TPSA) is 42.1 Å². The second-order valence-corrected chi connectivity index (χ2v) is 4.02. The Kier molecular flexibility index (Phi) is 4.49. The van der Waals surface area contributed by atoms with Crippen LogP contribution in [0, 0.1) is 5.92 Å². The highest BCUT2D eigenvalue weighted by Gasteiger charge is 2.11. The van der Waals surface area contributed by atoms with Crippen LogP contribution in [0.4, 0.5) is 5.69 Å². The van der Waals surface area contributed by atoms with Gasteiger partial charge in [-0.3, -0.25) is 4.98 Å². The first-order chi connectivity index (χ1) is 7.15. The van der Waals surface area contributed by atoms with E-state index in [4.69, 9.17) is 18.0 Å². The van der Waals surface area contributed by atoms with E-state index in [0.29, 0.717) is 4.99 Å². The molecule has 1 unspecified atom stereocenters. The van der Waals surface area contributed by atoms with E-state index in [-0.39, 0.29) is 5.92 Å². The third-order valence-corrected chi connectivity index (χ3v) is 2.79. The van der Waals surface area contributed by atoms with Gasteiger partial charge in [0.25, 0.3) is 0 Å². The lowest BCUT2D eigenvalue weighted by Gasteiger charge is -2.25. The van der Waals surface area contributed by atoms with Gasteiger partial charge < -0.3 is 10.6 Å². The molecule has 1 aromatic heterocycles. The van der Waals surface area contributed by atoms with Gasteiger partial charge in [0, 0.05) is 37.1 Å². The third kappa shape index (κ3) is 3.47. The lowest BCUT2D eigenvalue weighted by Crippen LogP contribution is -2.33. The lowest BCUT2D eigenvalue weighted by molar-refractivity contribution is 0.707. The van der Waals surface area contributed by atoms with Crippen LogP contribution in [-0.4, -0.2) is 23.1 Å². The van der Waals surface area contributed by atoms with E-state index in [2.05, 4.69) is 16.8 Å². The van der Waals surface area contributed by atoms with Gasteiger partial charge in [-0.2, -0.15) is 0 Å². The van der Waals surface area contributed by atoms with Crippen LogP contribution < -0.4 is 10.6 Å². The number of nitrogens with zero attached hydrogens (tertiary/aromatic N) is 2. The van der Waals surface area contributed by atoms with Crippen molar-refractivity contribution in [1.29, 1.82) is 0 Å². The van der Waals surface area contributed by atoms with Crippen LogP contribution in [0.15, 0.2) is 24.5 Å². The molecule has 0 aromatic carbocycles. The molecule has 1 aromatic rings. The average molecular weight is 223 g/mol. The highest BCUT2D eigenvalue weighted by molar-refractivity contribution is 7.80. The molecule has 0 bridgehead atoms. The molecule has 0 radical (unpaired) electrons. The Morgan fingerprint density at radius 2 is 2.13 bits per heavy atom. The Balaban J connectivity index is 2.69. The average Bonchev–Trinajstić information content (AvgIpc) is 2.26. The minimum atomic E-state index is 0.230. The Hall–Kier alpha value is -1.16. The highest BCUT2D eigenvalue weighted by Crippen LogP contribution is 2.13. The highest BCUT2D eigenvalue weighted by atomic mass is 32.1. The molecule has 4 heteroatoms. The summed E-state index contributed by atoms with van der Waals surface area (Å²) in [7, 11) is 0. The van der Waals surface area contributed by atoms with Crippen LogP contribution in [-0.2, 0) is 0 Å². The molecule has 0 aliphatic carbocycles. The van der Waals surface area contributed by atoms with Gasteiger partial charge >= 0.3 is 0 Å². The number of nitrogens with two attached hydrogens (primary N) is 1. The Morgan fingerprint density at radius 3 is 2.60 bits per heavy atom. The van der Waals surface area contributed by atoms with E-state index in [1.807, 2.05) is 19.1 Å². The lowest BCUT2D eigenvalue weighted by atomic mass is 10.1. The van der Waals surface area contributed by atoms with Gasteiger partial charge in [0.2, 0.25) is 0 Å². The van der Waals surface area contributed by atoms with Crippen molar-refractivity contribution in [3.8, 4) is 0 Å². The van der Waals surface area contributed by atoms with Crippen LogP contribution in [0.25, 0.3) is 0 Å². The second-order valence-electron chi connectivity index (χ2n) is 3.55. The summed E-state index contributed by atoms with van der Waals surface area (Å²) in [6.45, 7) is 5.96. The van der Waals surface area contributed by atoms with Crippen molar-refractivity contribution in [2.75, 3.05) is 18.0 Å². The molecule has 15 heavy (non-hydrogen) atoms. The number of rotatable bonds is 5. The van der Waals surface area contributed by atoms with Crippen LogP contribution >= 0.6 is 12.2 Å². The number of pyridine rings is 1. The van der Waals surface area contributed by atoms with Crippen molar-refractivity contribution in [3.05, 3.63) is 24.5 Å². The van der Waals surface area contributed by atoms with E-state index < -0.39 is 0 Å². The zero-order valence-corrected chi connectivity index (χ0v) is 10.00. The van der Waals surface area contributed by atoms with Gasteiger partial charge in [0.15, 0.2) is 0 Å². The Labute approximate surface area is 96.3 Å². The van der Waals surface area contributed by atoms with Crippen molar-refractivity contribution in [2.45, 2.75) is 13.8 Å². The molecule has 1 heterocycles. The van der Waals surface area contributed by atoms with E-state index >= 15 is 0 Å². The summed E-state index contributed by atoms with van der Waals surface area (Å²) in [5.74, 6) is 0.230. The first kappa shape index (κ1) is 11.9. The summed E-state index contributed by atoms with van der Waals surface area (Å²) in [4.78, 5) is 6.81. The Morgan fingerprint density at radius 1 is 1.53 bits per heavy atom. The second kappa shape index (κ2) is 5.66. The zero-order valence-electron chi connectivity index (χ0n) is 9.18. The van der Waals surface area contributed by atoms with Crippen LogP contribution in [0.3, 0.4) is 0 Å². The maximum absolute atomic E-state index is 5.61. The van der Waals surface area contributed by atoms with Gasteiger partial charge in [0.05, 0.1) is 4.99 Å². The molecule has 1 rings (SSSR count). The molecule has 0 aliphatic rings. The van der Waals surface area contributed by atoms with Crippen molar-refractivity contribution in [3.63, 3.8) is 0 Å². The van der Waals surface area contributed by atoms with Crippen molar-refractivity contribution < 1.29 is 0 Å². The number of hydrogen-bond donors (Lipinski definition) is 1. The summed E-state index contributed by atoms with van der Waals surface area (Å²) in [6, 6.07) is 3.99. The molecule has 1 atom stereocenters. The van der Waals surface area contributed by atoms with Crippen LogP contribution in [0.1, 0.15) is 13.8 Å². The maximum atomic E-state index is 5.61. The van der Waals surface area contributed by atoms with E-state index in [0.717, 1.165) is 18.8 Å². The minimum Gasteiger partial charge on any atom is -0.393 e. The molecule has 0 spiro atoms. The zero-order chi connectivity index (χ0) is 11.3. The molecule has 0 saturated heterocycles. The molecule has 3 nitrogen and oxygen atoms in total.